The first-order chi connectivity index (χ1) is 4.93. The van der Waals surface area contributed by atoms with Crippen LogP contribution in [-0.4, -0.2) is 13.5 Å². The summed E-state index contributed by atoms with van der Waals surface area (Å²) in [5.74, 6) is 0. The molecule has 1 fully saturated rings. The molecule has 0 saturated carbocycles. The second kappa shape index (κ2) is 4.78. The van der Waals surface area contributed by atoms with Crippen molar-refractivity contribution >= 4 is 6.92 Å². The zero-order valence-corrected chi connectivity index (χ0v) is 6.94. The molecule has 0 bridgehead atoms. The van der Waals surface area contributed by atoms with E-state index in [2.05, 4.69) is 6.92 Å². The molecule has 0 unspecified atom stereocenters. The van der Waals surface area contributed by atoms with Crippen molar-refractivity contribution in [2.45, 2.75) is 45.2 Å². The maximum absolute atomic E-state index is 5.56. The van der Waals surface area contributed by atoms with Crippen molar-refractivity contribution in [3.05, 3.63) is 0 Å². The van der Waals surface area contributed by atoms with Crippen molar-refractivity contribution in [1.82, 2.24) is 0 Å². The lowest BCUT2D eigenvalue weighted by Crippen LogP contribution is -2.15. The Morgan fingerprint density at radius 1 is 1.10 bits per heavy atom. The van der Waals surface area contributed by atoms with E-state index in [-0.39, 0.29) is 0 Å². The zero-order valence-electron chi connectivity index (χ0n) is 6.94. The minimum atomic E-state index is 0.590. The van der Waals surface area contributed by atoms with Gasteiger partial charge < -0.3 is 4.65 Å². The Balaban J connectivity index is 2.15. The van der Waals surface area contributed by atoms with Crippen molar-refractivity contribution in [1.29, 1.82) is 0 Å². The number of hydrogen-bond acceptors (Lipinski definition) is 1. The molecule has 0 aromatic rings. The Morgan fingerprint density at radius 2 is 1.70 bits per heavy atom. The molecule has 2 heteroatoms. The third kappa shape index (κ3) is 2.74. The predicted octanol–water partition coefficient (Wildman–Crippen LogP) is 2.59. The lowest BCUT2D eigenvalue weighted by molar-refractivity contribution is 0.341. The summed E-state index contributed by atoms with van der Waals surface area (Å²) in [5, 5.41) is 0. The molecule has 10 heavy (non-hydrogen) atoms. The zero-order chi connectivity index (χ0) is 7.23. The van der Waals surface area contributed by atoms with Crippen LogP contribution in [0, 0.1) is 0 Å². The van der Waals surface area contributed by atoms with Crippen molar-refractivity contribution in [3.63, 3.8) is 0 Å². The molecular weight excluding hydrogens is 123 g/mol. The Hall–Kier alpha value is 0.0249. The van der Waals surface area contributed by atoms with Gasteiger partial charge in [-0.25, -0.2) is 0 Å². The minimum Gasteiger partial charge on any atom is -0.436 e. The van der Waals surface area contributed by atoms with Gasteiger partial charge in [0.2, 0.25) is 0 Å². The molecule has 0 atom stereocenters. The standard InChI is InChI=1S/C8H17BO/c1-2-10-9-7-5-3-4-6-8-9/h2-8H2,1H3. The number of hydrogen-bond donors (Lipinski definition) is 0. The van der Waals surface area contributed by atoms with Crippen LogP contribution in [0.1, 0.15) is 32.6 Å². The Morgan fingerprint density at radius 3 is 2.20 bits per heavy atom. The SMILES string of the molecule is CCOB1CCCCCC1. The van der Waals surface area contributed by atoms with Crippen molar-refractivity contribution in [2.24, 2.45) is 0 Å². The van der Waals surface area contributed by atoms with Gasteiger partial charge in [-0.15, -0.1) is 0 Å². The Kier molecular flexibility index (Phi) is 3.88. The summed E-state index contributed by atoms with van der Waals surface area (Å²) in [6, 6.07) is 0. The van der Waals surface area contributed by atoms with Crippen LogP contribution in [0.5, 0.6) is 0 Å². The van der Waals surface area contributed by atoms with Crippen LogP contribution in [-0.2, 0) is 4.65 Å². The van der Waals surface area contributed by atoms with Gasteiger partial charge in [-0.05, 0) is 19.6 Å². The highest BCUT2D eigenvalue weighted by Crippen LogP contribution is 2.18. The first-order valence-electron chi connectivity index (χ1n) is 4.55. The van der Waals surface area contributed by atoms with Crippen LogP contribution in [0.4, 0.5) is 0 Å². The van der Waals surface area contributed by atoms with E-state index in [4.69, 9.17) is 4.65 Å². The summed E-state index contributed by atoms with van der Waals surface area (Å²) >= 11 is 0. The molecule has 58 valence electrons. The van der Waals surface area contributed by atoms with E-state index >= 15 is 0 Å². The lowest BCUT2D eigenvalue weighted by atomic mass is 9.61. The molecule has 1 rings (SSSR count). The quantitative estimate of drug-likeness (QED) is 0.535. The van der Waals surface area contributed by atoms with E-state index < -0.39 is 0 Å². The Labute approximate surface area is 64.3 Å². The average molecular weight is 140 g/mol. The molecule has 1 heterocycles. The molecule has 1 aliphatic rings. The molecule has 0 aromatic heterocycles. The van der Waals surface area contributed by atoms with E-state index in [1.54, 1.807) is 0 Å². The second-order valence-corrected chi connectivity index (χ2v) is 3.07. The van der Waals surface area contributed by atoms with Gasteiger partial charge >= 0.3 is 0 Å². The molecule has 0 radical (unpaired) electrons. The van der Waals surface area contributed by atoms with Gasteiger partial charge in [-0.2, -0.15) is 0 Å². The summed E-state index contributed by atoms with van der Waals surface area (Å²) in [4.78, 5) is 0. The lowest BCUT2D eigenvalue weighted by Gasteiger charge is -2.08. The monoisotopic (exact) mass is 140 g/mol. The maximum atomic E-state index is 5.56. The molecule has 0 N–H and O–H groups in total. The van der Waals surface area contributed by atoms with Gasteiger partial charge in [0, 0.05) is 6.61 Å². The first kappa shape index (κ1) is 8.12. The van der Waals surface area contributed by atoms with Gasteiger partial charge in [0.05, 0.1) is 0 Å². The summed E-state index contributed by atoms with van der Waals surface area (Å²) < 4.78 is 5.56. The molecular formula is C8H17BO. The summed E-state index contributed by atoms with van der Waals surface area (Å²) in [6.07, 6.45) is 8.20. The van der Waals surface area contributed by atoms with Crippen LogP contribution in [0.25, 0.3) is 0 Å². The fourth-order valence-electron chi connectivity index (χ4n) is 1.64. The molecule has 0 amide bonds. The van der Waals surface area contributed by atoms with E-state index in [0.29, 0.717) is 6.92 Å². The third-order valence-corrected chi connectivity index (χ3v) is 2.20. The van der Waals surface area contributed by atoms with Gasteiger partial charge in [-0.3, -0.25) is 0 Å². The summed E-state index contributed by atoms with van der Waals surface area (Å²) in [5.41, 5.74) is 0. The van der Waals surface area contributed by atoms with Crippen LogP contribution < -0.4 is 0 Å². The molecule has 0 spiro atoms. The minimum absolute atomic E-state index is 0.590. The maximum Gasteiger partial charge on any atom is 0.293 e. The van der Waals surface area contributed by atoms with Crippen LogP contribution in [0.3, 0.4) is 0 Å². The highest BCUT2D eigenvalue weighted by molar-refractivity contribution is 6.51. The fraction of sp³-hybridized carbons (Fsp3) is 1.00. The van der Waals surface area contributed by atoms with E-state index in [0.717, 1.165) is 6.61 Å². The van der Waals surface area contributed by atoms with Gasteiger partial charge in [-0.1, -0.05) is 25.7 Å². The van der Waals surface area contributed by atoms with Crippen LogP contribution >= 0.6 is 0 Å². The van der Waals surface area contributed by atoms with E-state index in [1.165, 1.54) is 38.3 Å². The average Bonchev–Trinajstić information content (AvgIpc) is 2.17. The van der Waals surface area contributed by atoms with Crippen LogP contribution in [0.2, 0.25) is 12.6 Å². The van der Waals surface area contributed by atoms with Crippen molar-refractivity contribution in [3.8, 4) is 0 Å². The molecule has 1 saturated heterocycles. The van der Waals surface area contributed by atoms with Gasteiger partial charge in [0.15, 0.2) is 0 Å². The van der Waals surface area contributed by atoms with E-state index in [1.807, 2.05) is 0 Å². The van der Waals surface area contributed by atoms with Crippen molar-refractivity contribution in [2.75, 3.05) is 6.61 Å². The topological polar surface area (TPSA) is 9.23 Å². The van der Waals surface area contributed by atoms with Crippen molar-refractivity contribution < 1.29 is 4.65 Å². The second-order valence-electron chi connectivity index (χ2n) is 3.07. The van der Waals surface area contributed by atoms with E-state index in [9.17, 15) is 0 Å². The molecule has 1 aliphatic heterocycles. The van der Waals surface area contributed by atoms with Gasteiger partial charge in [0.1, 0.15) is 0 Å². The smallest absolute Gasteiger partial charge is 0.293 e. The highest BCUT2D eigenvalue weighted by Gasteiger charge is 2.16. The summed E-state index contributed by atoms with van der Waals surface area (Å²) in [7, 11) is 0. The number of rotatable bonds is 2. The Bertz CT molecular complexity index is 77.3. The molecule has 0 aromatic carbocycles. The predicted molar refractivity (Wildman–Crippen MR) is 45.5 cm³/mol. The molecule has 1 nitrogen and oxygen atoms in total. The normalized spacial score (nSPS) is 20.7. The van der Waals surface area contributed by atoms with Crippen LogP contribution in [0.15, 0.2) is 0 Å². The fourth-order valence-corrected chi connectivity index (χ4v) is 1.64. The molecule has 0 aliphatic carbocycles. The third-order valence-electron chi connectivity index (χ3n) is 2.20. The highest BCUT2D eigenvalue weighted by atomic mass is 16.4. The first-order valence-corrected chi connectivity index (χ1v) is 4.55. The summed E-state index contributed by atoms with van der Waals surface area (Å²) in [6.45, 7) is 3.57. The van der Waals surface area contributed by atoms with Gasteiger partial charge in [0.25, 0.3) is 6.92 Å². The largest absolute Gasteiger partial charge is 0.436 e.